The van der Waals surface area contributed by atoms with Gasteiger partial charge in [0.25, 0.3) is 0 Å². The summed E-state index contributed by atoms with van der Waals surface area (Å²) in [4.78, 5) is 14.2. The Hall–Kier alpha value is -1.25. The van der Waals surface area contributed by atoms with Crippen LogP contribution in [0.3, 0.4) is 0 Å². The molecule has 3 rings (SSSR count). The van der Waals surface area contributed by atoms with E-state index in [0.29, 0.717) is 13.1 Å². The predicted octanol–water partition coefficient (Wildman–Crippen LogP) is 3.09. The molecule has 1 aliphatic carbocycles. The van der Waals surface area contributed by atoms with Gasteiger partial charge in [0, 0.05) is 48.7 Å². The maximum absolute atomic E-state index is 12.9. The molecule has 7 nitrogen and oxygen atoms in total. The summed E-state index contributed by atoms with van der Waals surface area (Å²) in [6.45, 7) is 12.9. The number of carbonyl (C=O) groups excluding carboxylic acids is 1. The fourth-order valence-corrected chi connectivity index (χ4v) is 5.04. The third-order valence-electron chi connectivity index (χ3n) is 5.57. The summed E-state index contributed by atoms with van der Waals surface area (Å²) in [7, 11) is 1.92. The zero-order valence-electron chi connectivity index (χ0n) is 18.2. The number of carbonyl (C=O) groups is 1. The van der Waals surface area contributed by atoms with Gasteiger partial charge in [0.05, 0.1) is 11.7 Å². The number of likely N-dealkylation sites (tertiary alicyclic amines) is 1. The van der Waals surface area contributed by atoms with Gasteiger partial charge in [-0.15, -0.1) is 4.72 Å². The number of nitrogens with zero attached hydrogens (tertiary/aromatic N) is 3. The summed E-state index contributed by atoms with van der Waals surface area (Å²) in [5.41, 5.74) is 1.67. The highest BCUT2D eigenvalue weighted by Crippen LogP contribution is 2.52. The molecule has 0 unspecified atom stereocenters. The molecule has 2 atom stereocenters. The second kappa shape index (κ2) is 7.22. The fourth-order valence-electron chi connectivity index (χ4n) is 4.10. The molecule has 0 bridgehead atoms. The van der Waals surface area contributed by atoms with Gasteiger partial charge in [0.2, 0.25) is 0 Å². The number of piperidine rings is 1. The molecule has 1 spiro atoms. The molecule has 158 valence electrons. The van der Waals surface area contributed by atoms with Gasteiger partial charge in [-0.2, -0.15) is 5.10 Å². The van der Waals surface area contributed by atoms with Crippen LogP contribution in [0.1, 0.15) is 71.7 Å². The number of amides is 1. The predicted molar refractivity (Wildman–Crippen MR) is 110 cm³/mol. The number of fused-ring (bicyclic) bond motifs is 1. The molecule has 1 amide bonds. The molecule has 2 aliphatic rings. The van der Waals surface area contributed by atoms with E-state index in [-0.39, 0.29) is 22.3 Å². The van der Waals surface area contributed by atoms with Crippen molar-refractivity contribution in [3.8, 4) is 0 Å². The summed E-state index contributed by atoms with van der Waals surface area (Å²) in [5.74, 6) is 0. The molecule has 1 aromatic rings. The van der Waals surface area contributed by atoms with E-state index < -0.39 is 17.0 Å². The first kappa shape index (κ1) is 21.5. The van der Waals surface area contributed by atoms with Gasteiger partial charge in [-0.1, -0.05) is 0 Å². The third-order valence-corrected chi connectivity index (χ3v) is 7.13. The van der Waals surface area contributed by atoms with Gasteiger partial charge >= 0.3 is 6.09 Å². The Morgan fingerprint density at radius 2 is 1.89 bits per heavy atom. The standard InChI is InChI=1S/C20H34N4O3S/c1-18(2,3)27-17(25)24-10-8-20(9-11-24)12-15-14(13-23(7)21-15)16(20)22-28(26)19(4,5)6/h13,16,22H,8-12H2,1-7H3/t16-,28+/m0/s1. The minimum atomic E-state index is -1.18. The summed E-state index contributed by atoms with van der Waals surface area (Å²) in [6, 6.07) is -0.0166. The number of hydrogen-bond acceptors (Lipinski definition) is 5. The van der Waals surface area contributed by atoms with Gasteiger partial charge in [0.15, 0.2) is 0 Å². The van der Waals surface area contributed by atoms with E-state index in [0.717, 1.165) is 30.5 Å². The van der Waals surface area contributed by atoms with Crippen LogP contribution in [-0.4, -0.2) is 48.8 Å². The maximum Gasteiger partial charge on any atom is 0.410 e. The molecular formula is C20H34N4O3S. The SMILES string of the molecule is Cn1cc2c(n1)CC1(CCN(C(=O)OC(C)(C)C)CC1)[C@H]2N[S@+]([O-])C(C)(C)C. The lowest BCUT2D eigenvalue weighted by atomic mass is 9.73. The van der Waals surface area contributed by atoms with Crippen molar-refractivity contribution in [2.75, 3.05) is 13.1 Å². The molecule has 0 radical (unpaired) electrons. The molecular weight excluding hydrogens is 376 g/mol. The van der Waals surface area contributed by atoms with Crippen molar-refractivity contribution in [2.24, 2.45) is 12.5 Å². The Morgan fingerprint density at radius 3 is 2.43 bits per heavy atom. The van der Waals surface area contributed by atoms with E-state index in [4.69, 9.17) is 4.74 Å². The topological polar surface area (TPSA) is 82.5 Å². The number of hydrogen-bond donors (Lipinski definition) is 1. The second-order valence-electron chi connectivity index (χ2n) is 10.1. The largest absolute Gasteiger partial charge is 0.598 e. The number of aryl methyl sites for hydroxylation is 1. The normalized spacial score (nSPS) is 23.0. The average Bonchev–Trinajstić information content (AvgIpc) is 3.00. The van der Waals surface area contributed by atoms with Crippen LogP contribution in [0.15, 0.2) is 6.20 Å². The molecule has 1 fully saturated rings. The molecule has 28 heavy (non-hydrogen) atoms. The number of aromatic nitrogens is 2. The van der Waals surface area contributed by atoms with Crippen molar-refractivity contribution >= 4 is 17.5 Å². The van der Waals surface area contributed by atoms with Crippen LogP contribution >= 0.6 is 0 Å². The summed E-state index contributed by atoms with van der Waals surface area (Å²) < 4.78 is 23.3. The van der Waals surface area contributed by atoms with Crippen LogP contribution in [0.2, 0.25) is 0 Å². The summed E-state index contributed by atoms with van der Waals surface area (Å²) in [5, 5.41) is 4.64. The van der Waals surface area contributed by atoms with E-state index in [1.807, 2.05) is 59.5 Å². The first-order valence-electron chi connectivity index (χ1n) is 9.99. The van der Waals surface area contributed by atoms with Crippen molar-refractivity contribution in [2.45, 2.75) is 77.2 Å². The Balaban J connectivity index is 1.77. The first-order valence-corrected chi connectivity index (χ1v) is 11.1. The van der Waals surface area contributed by atoms with Crippen molar-refractivity contribution in [1.29, 1.82) is 0 Å². The molecule has 1 saturated heterocycles. The number of rotatable bonds is 2. The average molecular weight is 411 g/mol. The van der Waals surface area contributed by atoms with Crippen LogP contribution in [0.4, 0.5) is 4.79 Å². The van der Waals surface area contributed by atoms with Gasteiger partial charge in [0.1, 0.15) is 10.3 Å². The minimum Gasteiger partial charge on any atom is -0.598 e. The second-order valence-corrected chi connectivity index (χ2v) is 12.1. The quantitative estimate of drug-likeness (QED) is 0.758. The smallest absolute Gasteiger partial charge is 0.410 e. The third kappa shape index (κ3) is 4.33. The molecule has 8 heteroatoms. The van der Waals surface area contributed by atoms with Gasteiger partial charge in [-0.05, 0) is 60.8 Å². The van der Waals surface area contributed by atoms with Crippen LogP contribution in [0.25, 0.3) is 0 Å². The zero-order chi connectivity index (χ0) is 20.9. The van der Waals surface area contributed by atoms with E-state index >= 15 is 0 Å². The Morgan fingerprint density at radius 1 is 1.29 bits per heavy atom. The van der Waals surface area contributed by atoms with Crippen molar-refractivity contribution < 1.29 is 14.1 Å². The Labute approximate surface area is 171 Å². The van der Waals surface area contributed by atoms with Crippen molar-refractivity contribution in [1.82, 2.24) is 19.4 Å². The molecule has 0 aromatic carbocycles. The van der Waals surface area contributed by atoms with E-state index in [1.165, 1.54) is 0 Å². The highest BCUT2D eigenvalue weighted by molar-refractivity contribution is 7.90. The summed E-state index contributed by atoms with van der Waals surface area (Å²) in [6.07, 6.45) is 4.32. The molecule has 1 aliphatic heterocycles. The monoisotopic (exact) mass is 410 g/mol. The van der Waals surface area contributed by atoms with Crippen LogP contribution in [-0.2, 0) is 29.6 Å². The lowest BCUT2D eigenvalue weighted by Gasteiger charge is -2.43. The van der Waals surface area contributed by atoms with Crippen LogP contribution < -0.4 is 4.72 Å². The Kier molecular flexibility index (Phi) is 5.53. The van der Waals surface area contributed by atoms with Crippen molar-refractivity contribution in [3.63, 3.8) is 0 Å². The van der Waals surface area contributed by atoms with E-state index in [9.17, 15) is 9.35 Å². The molecule has 1 N–H and O–H groups in total. The molecule has 2 heterocycles. The zero-order valence-corrected chi connectivity index (χ0v) is 19.0. The van der Waals surface area contributed by atoms with Crippen LogP contribution in [0, 0.1) is 5.41 Å². The number of ether oxygens (including phenoxy) is 1. The lowest BCUT2D eigenvalue weighted by molar-refractivity contribution is 0.00701. The highest BCUT2D eigenvalue weighted by Gasteiger charge is 2.52. The molecule has 1 aromatic heterocycles. The highest BCUT2D eigenvalue weighted by atomic mass is 32.2. The first-order chi connectivity index (χ1) is 12.8. The van der Waals surface area contributed by atoms with Gasteiger partial charge < -0.3 is 14.2 Å². The van der Waals surface area contributed by atoms with E-state index in [1.54, 1.807) is 4.90 Å². The van der Waals surface area contributed by atoms with E-state index in [2.05, 4.69) is 9.82 Å². The molecule has 0 saturated carbocycles. The number of nitrogens with one attached hydrogen (secondary N) is 1. The van der Waals surface area contributed by atoms with Crippen molar-refractivity contribution in [3.05, 3.63) is 17.5 Å². The van der Waals surface area contributed by atoms with Crippen LogP contribution in [0.5, 0.6) is 0 Å². The lowest BCUT2D eigenvalue weighted by Crippen LogP contribution is -2.51. The maximum atomic E-state index is 12.9. The summed E-state index contributed by atoms with van der Waals surface area (Å²) >= 11 is -1.18. The van der Waals surface area contributed by atoms with Gasteiger partial charge in [-0.3, -0.25) is 4.68 Å². The van der Waals surface area contributed by atoms with Gasteiger partial charge in [-0.25, -0.2) is 4.79 Å². The Bertz CT molecular complexity index is 727. The minimum absolute atomic E-state index is 0.0166. The fraction of sp³-hybridized carbons (Fsp3) is 0.800.